The van der Waals surface area contributed by atoms with E-state index in [0.717, 1.165) is 28.2 Å². The van der Waals surface area contributed by atoms with E-state index in [4.69, 9.17) is 33.5 Å². The minimum absolute atomic E-state index is 0.546. The number of nitrogens with zero attached hydrogens (tertiary/aromatic N) is 2. The first-order chi connectivity index (χ1) is 19.0. The lowest BCUT2D eigenvalue weighted by Crippen LogP contribution is -1.98. The van der Waals surface area contributed by atoms with Crippen LogP contribution in [0, 0.1) is 0 Å². The summed E-state index contributed by atoms with van der Waals surface area (Å²) >= 11 is 0. The summed E-state index contributed by atoms with van der Waals surface area (Å²) in [6.45, 7) is 0. The molecule has 0 fully saturated rings. The fourth-order valence-corrected chi connectivity index (χ4v) is 4.15. The van der Waals surface area contributed by atoms with Crippen molar-refractivity contribution in [1.82, 2.24) is 9.78 Å². The average molecular weight is 529 g/mol. The molecule has 4 aromatic rings. The number of hydrogen-bond acceptors (Lipinski definition) is 7. The molecule has 1 heterocycles. The molecule has 4 rings (SSSR count). The van der Waals surface area contributed by atoms with Crippen LogP contribution in [0.5, 0.6) is 34.5 Å². The Labute approximate surface area is 228 Å². The molecule has 0 radical (unpaired) electrons. The molecule has 202 valence electrons. The molecule has 0 bridgehead atoms. The van der Waals surface area contributed by atoms with E-state index in [1.165, 1.54) is 0 Å². The first-order valence-electron chi connectivity index (χ1n) is 12.2. The van der Waals surface area contributed by atoms with E-state index in [1.54, 1.807) is 42.7 Å². The third-order valence-corrected chi connectivity index (χ3v) is 6.02. The van der Waals surface area contributed by atoms with Crippen LogP contribution >= 0.6 is 0 Å². The Morgan fingerprint density at radius 3 is 1.44 bits per heavy atom. The maximum absolute atomic E-state index is 5.50. The van der Waals surface area contributed by atoms with Crippen molar-refractivity contribution in [1.29, 1.82) is 0 Å². The van der Waals surface area contributed by atoms with E-state index >= 15 is 0 Å². The van der Waals surface area contributed by atoms with Crippen molar-refractivity contribution < 1.29 is 28.4 Å². The van der Waals surface area contributed by atoms with Gasteiger partial charge in [-0.2, -0.15) is 5.10 Å². The first kappa shape index (κ1) is 27.2. The molecule has 0 saturated carbocycles. The van der Waals surface area contributed by atoms with Gasteiger partial charge in [0.2, 0.25) is 11.5 Å². The molecule has 8 nitrogen and oxygen atoms in total. The number of hydrogen-bond donors (Lipinski definition) is 0. The van der Waals surface area contributed by atoms with E-state index in [2.05, 4.69) is 0 Å². The summed E-state index contributed by atoms with van der Waals surface area (Å²) in [7, 11) is 9.56. The molecule has 1 aromatic heterocycles. The SMILES string of the molecule is COc1cc(C=Cc2cc(C=Cc3cc(OC)c(OC)c(OC)c3)n(-c3ccccc3)n2)cc(OC)c1OC. The lowest BCUT2D eigenvalue weighted by molar-refractivity contribution is 0.324. The smallest absolute Gasteiger partial charge is 0.203 e. The molecule has 0 spiro atoms. The van der Waals surface area contributed by atoms with Gasteiger partial charge in [-0.1, -0.05) is 30.4 Å². The van der Waals surface area contributed by atoms with Gasteiger partial charge in [-0.05, 0) is 65.7 Å². The summed E-state index contributed by atoms with van der Waals surface area (Å²) in [5.74, 6) is 3.43. The third-order valence-electron chi connectivity index (χ3n) is 6.02. The van der Waals surface area contributed by atoms with E-state index in [0.29, 0.717) is 34.5 Å². The van der Waals surface area contributed by atoms with Crippen LogP contribution in [-0.4, -0.2) is 52.4 Å². The summed E-state index contributed by atoms with van der Waals surface area (Å²) in [5.41, 5.74) is 4.37. The predicted molar refractivity (Wildman–Crippen MR) is 154 cm³/mol. The zero-order valence-corrected chi connectivity index (χ0v) is 22.9. The van der Waals surface area contributed by atoms with Gasteiger partial charge in [0, 0.05) is 0 Å². The monoisotopic (exact) mass is 528 g/mol. The van der Waals surface area contributed by atoms with Crippen LogP contribution in [0.1, 0.15) is 22.5 Å². The van der Waals surface area contributed by atoms with E-state index < -0.39 is 0 Å². The number of para-hydroxylation sites is 1. The Morgan fingerprint density at radius 1 is 0.538 bits per heavy atom. The minimum atomic E-state index is 0.546. The molecule has 0 atom stereocenters. The average Bonchev–Trinajstić information content (AvgIpc) is 3.41. The molecule has 8 heteroatoms. The Bertz CT molecular complexity index is 1420. The molecule has 0 unspecified atom stereocenters. The van der Waals surface area contributed by atoms with Crippen LogP contribution in [0.2, 0.25) is 0 Å². The quantitative estimate of drug-likeness (QED) is 0.227. The Balaban J connectivity index is 1.72. The highest BCUT2D eigenvalue weighted by atomic mass is 16.5. The van der Waals surface area contributed by atoms with Gasteiger partial charge in [0.15, 0.2) is 23.0 Å². The Kier molecular flexibility index (Phi) is 8.78. The van der Waals surface area contributed by atoms with Crippen LogP contribution in [0.25, 0.3) is 30.0 Å². The Hall–Kier alpha value is -4.85. The van der Waals surface area contributed by atoms with Gasteiger partial charge in [-0.25, -0.2) is 4.68 Å². The van der Waals surface area contributed by atoms with Crippen LogP contribution in [0.4, 0.5) is 0 Å². The number of methoxy groups -OCH3 is 6. The van der Waals surface area contributed by atoms with Crippen molar-refractivity contribution in [2.75, 3.05) is 42.7 Å². The second kappa shape index (κ2) is 12.6. The van der Waals surface area contributed by atoms with Gasteiger partial charge in [0.05, 0.1) is 59.7 Å². The van der Waals surface area contributed by atoms with Crippen molar-refractivity contribution in [3.05, 3.63) is 83.2 Å². The van der Waals surface area contributed by atoms with Gasteiger partial charge >= 0.3 is 0 Å². The predicted octanol–water partition coefficient (Wildman–Crippen LogP) is 6.26. The van der Waals surface area contributed by atoms with Crippen LogP contribution in [-0.2, 0) is 0 Å². The normalized spacial score (nSPS) is 11.1. The largest absolute Gasteiger partial charge is 0.493 e. The second-order valence-electron chi connectivity index (χ2n) is 8.33. The lowest BCUT2D eigenvalue weighted by Gasteiger charge is -2.12. The van der Waals surface area contributed by atoms with Gasteiger partial charge in [-0.3, -0.25) is 0 Å². The molecule has 0 aliphatic rings. The van der Waals surface area contributed by atoms with Crippen molar-refractivity contribution in [2.24, 2.45) is 0 Å². The molecule has 0 N–H and O–H groups in total. The molecule has 0 amide bonds. The van der Waals surface area contributed by atoms with E-state index in [9.17, 15) is 0 Å². The minimum Gasteiger partial charge on any atom is -0.493 e. The molecular formula is C31H32N2O6. The topological polar surface area (TPSA) is 73.2 Å². The van der Waals surface area contributed by atoms with Crippen molar-refractivity contribution in [3.8, 4) is 40.2 Å². The highest BCUT2D eigenvalue weighted by molar-refractivity contribution is 5.75. The zero-order chi connectivity index (χ0) is 27.8. The summed E-state index contributed by atoms with van der Waals surface area (Å²) in [4.78, 5) is 0. The lowest BCUT2D eigenvalue weighted by atomic mass is 10.1. The highest BCUT2D eigenvalue weighted by Gasteiger charge is 2.14. The van der Waals surface area contributed by atoms with E-state index in [1.807, 2.05) is 89.6 Å². The van der Waals surface area contributed by atoms with Crippen LogP contribution in [0.3, 0.4) is 0 Å². The fourth-order valence-electron chi connectivity index (χ4n) is 4.15. The second-order valence-corrected chi connectivity index (χ2v) is 8.33. The van der Waals surface area contributed by atoms with Gasteiger partial charge in [-0.15, -0.1) is 0 Å². The highest BCUT2D eigenvalue weighted by Crippen LogP contribution is 2.39. The first-order valence-corrected chi connectivity index (χ1v) is 12.2. The maximum atomic E-state index is 5.50. The zero-order valence-electron chi connectivity index (χ0n) is 22.9. The summed E-state index contributed by atoms with van der Waals surface area (Å²) in [6, 6.07) is 19.5. The van der Waals surface area contributed by atoms with Gasteiger partial charge in [0.1, 0.15) is 0 Å². The number of rotatable bonds is 11. The van der Waals surface area contributed by atoms with Crippen molar-refractivity contribution in [2.45, 2.75) is 0 Å². The van der Waals surface area contributed by atoms with Gasteiger partial charge < -0.3 is 28.4 Å². The molecule has 0 aliphatic carbocycles. The molecule has 39 heavy (non-hydrogen) atoms. The van der Waals surface area contributed by atoms with Crippen molar-refractivity contribution >= 4 is 24.3 Å². The molecule has 3 aromatic carbocycles. The molecule has 0 saturated heterocycles. The number of ether oxygens (including phenoxy) is 6. The molecular weight excluding hydrogens is 496 g/mol. The van der Waals surface area contributed by atoms with E-state index in [-0.39, 0.29) is 0 Å². The fraction of sp³-hybridized carbons (Fsp3) is 0.194. The summed E-state index contributed by atoms with van der Waals surface area (Å²) in [6.07, 6.45) is 7.87. The number of benzene rings is 3. The third kappa shape index (κ3) is 6.01. The number of aromatic nitrogens is 2. The summed E-state index contributed by atoms with van der Waals surface area (Å²) in [5, 5.41) is 4.84. The Morgan fingerprint density at radius 2 is 1.00 bits per heavy atom. The maximum Gasteiger partial charge on any atom is 0.203 e. The summed E-state index contributed by atoms with van der Waals surface area (Å²) < 4.78 is 34.7. The standard InChI is InChI=1S/C31H32N2O6/c1-34-26-16-21(17-27(35-2)30(26)38-5)12-14-23-20-25(33(32-23)24-10-8-7-9-11-24)15-13-22-18-28(36-3)31(39-6)29(19-22)37-4/h7-20H,1-6H3. The van der Waals surface area contributed by atoms with Gasteiger partial charge in [0.25, 0.3) is 0 Å². The molecule has 0 aliphatic heterocycles. The van der Waals surface area contributed by atoms with Crippen LogP contribution in [0.15, 0.2) is 60.7 Å². The van der Waals surface area contributed by atoms with Crippen LogP contribution < -0.4 is 28.4 Å². The van der Waals surface area contributed by atoms with Crippen molar-refractivity contribution in [3.63, 3.8) is 0 Å².